The first kappa shape index (κ1) is 40.6. The smallest absolute Gasteiger partial charge is 0.461 e. The summed E-state index contributed by atoms with van der Waals surface area (Å²) >= 11 is 6.47. The molecule has 0 N–H and O–H groups in total. The SMILES string of the molecule is CCCCc1nc(Cl)c(C(=O)OCCCCO[N+](=O)[O-])n1Cc1ccc(-c2ccccc2-c2nnn(C(C)OC(=O)Oc3cccc(CO[N+](=O)[O-])c3)n2)cc1. The molecule has 0 fully saturated rings. The first-order valence-corrected chi connectivity index (χ1v) is 17.8. The van der Waals surface area contributed by atoms with Gasteiger partial charge in [0.1, 0.15) is 18.2 Å². The van der Waals surface area contributed by atoms with E-state index in [4.69, 9.17) is 25.8 Å². The molecule has 56 heavy (non-hydrogen) atoms. The van der Waals surface area contributed by atoms with E-state index in [0.717, 1.165) is 34.3 Å². The van der Waals surface area contributed by atoms with Crippen molar-refractivity contribution in [2.75, 3.05) is 13.2 Å². The average Bonchev–Trinajstić information content (AvgIpc) is 3.79. The second kappa shape index (κ2) is 19.6. The number of tetrazole rings is 1. The van der Waals surface area contributed by atoms with Gasteiger partial charge in [0, 0.05) is 18.5 Å². The topological polar surface area (TPSA) is 228 Å². The number of hydrogen-bond acceptors (Lipinski definition) is 15. The van der Waals surface area contributed by atoms with Crippen molar-refractivity contribution in [3.8, 4) is 28.3 Å². The molecule has 19 nitrogen and oxygen atoms in total. The van der Waals surface area contributed by atoms with E-state index in [9.17, 15) is 29.8 Å². The van der Waals surface area contributed by atoms with E-state index in [0.29, 0.717) is 42.8 Å². The van der Waals surface area contributed by atoms with Crippen LogP contribution in [0.3, 0.4) is 0 Å². The number of carbonyl (C=O) groups excluding carboxylic acids is 2. The largest absolute Gasteiger partial charge is 0.515 e. The number of benzene rings is 3. The molecule has 2 heterocycles. The van der Waals surface area contributed by atoms with Crippen molar-refractivity contribution in [3.63, 3.8) is 0 Å². The summed E-state index contributed by atoms with van der Waals surface area (Å²) in [4.78, 5) is 60.7. The lowest BCUT2D eigenvalue weighted by Gasteiger charge is -2.13. The number of aryl methyl sites for hydroxylation is 1. The van der Waals surface area contributed by atoms with Gasteiger partial charge < -0.3 is 28.5 Å². The van der Waals surface area contributed by atoms with E-state index in [1.54, 1.807) is 16.7 Å². The molecular formula is C36H37ClN8O11. The molecule has 2 aromatic heterocycles. The monoisotopic (exact) mass is 792 g/mol. The Morgan fingerprint density at radius 2 is 1.62 bits per heavy atom. The third-order valence-corrected chi connectivity index (χ3v) is 8.41. The summed E-state index contributed by atoms with van der Waals surface area (Å²) in [5.41, 5.74) is 3.71. The lowest BCUT2D eigenvalue weighted by molar-refractivity contribution is -0.763. The lowest BCUT2D eigenvalue weighted by Crippen LogP contribution is -2.19. The summed E-state index contributed by atoms with van der Waals surface area (Å²) in [6.07, 6.45) is 0.991. The molecule has 3 aromatic carbocycles. The molecule has 0 spiro atoms. The Hall–Kier alpha value is -6.63. The fourth-order valence-electron chi connectivity index (χ4n) is 5.46. The van der Waals surface area contributed by atoms with Gasteiger partial charge in [0.25, 0.3) is 10.2 Å². The molecular weight excluding hydrogens is 756 g/mol. The molecule has 0 saturated carbocycles. The van der Waals surface area contributed by atoms with Gasteiger partial charge in [-0.2, -0.15) is 0 Å². The molecule has 0 radical (unpaired) electrons. The second-order valence-corrected chi connectivity index (χ2v) is 12.5. The van der Waals surface area contributed by atoms with Crippen LogP contribution >= 0.6 is 11.6 Å². The number of aromatic nitrogens is 6. The summed E-state index contributed by atoms with van der Waals surface area (Å²) in [6.45, 7) is 3.49. The van der Waals surface area contributed by atoms with E-state index in [1.165, 1.54) is 19.1 Å². The normalized spacial score (nSPS) is 11.4. The quantitative estimate of drug-likeness (QED) is 0.0258. The number of nitrogens with zero attached hydrogens (tertiary/aromatic N) is 8. The average molecular weight is 793 g/mol. The standard InChI is InChI=1S/C36H37ClN8O11/c1-3-4-14-31-38-33(37)32(35(46)52-19-7-8-20-53-44(48)49)42(31)22-25-15-17-27(18-16-25)29-12-5-6-13-30(29)34-39-41-43(40-34)24(2)55-36(47)56-28-11-9-10-26(21-28)23-54-45(50)51/h5-6,9-13,15-18,21,24H,3-4,7-8,14,19-20,22-23H2,1-2H3. The van der Waals surface area contributed by atoms with Crippen LogP contribution in [0, 0.1) is 20.2 Å². The number of imidazole rings is 1. The molecule has 5 aromatic rings. The van der Waals surface area contributed by atoms with Gasteiger partial charge in [-0.3, -0.25) is 0 Å². The maximum Gasteiger partial charge on any atom is 0.515 e. The Morgan fingerprint density at radius 3 is 2.36 bits per heavy atom. The summed E-state index contributed by atoms with van der Waals surface area (Å²) in [7, 11) is 0. The van der Waals surface area contributed by atoms with Crippen LogP contribution in [0.15, 0.2) is 72.8 Å². The van der Waals surface area contributed by atoms with E-state index in [1.807, 2.05) is 48.5 Å². The molecule has 0 amide bonds. The fraction of sp³-hybridized carbons (Fsp3) is 0.333. The maximum absolute atomic E-state index is 13.2. The lowest BCUT2D eigenvalue weighted by atomic mass is 9.98. The highest BCUT2D eigenvalue weighted by atomic mass is 35.5. The Bertz CT molecular complexity index is 2140. The highest BCUT2D eigenvalue weighted by Gasteiger charge is 2.24. The highest BCUT2D eigenvalue weighted by molar-refractivity contribution is 6.32. The third-order valence-electron chi connectivity index (χ3n) is 8.15. The molecule has 1 unspecified atom stereocenters. The molecule has 5 rings (SSSR count). The predicted octanol–water partition coefficient (Wildman–Crippen LogP) is 6.84. The zero-order chi connectivity index (χ0) is 40.0. The predicted molar refractivity (Wildman–Crippen MR) is 196 cm³/mol. The molecule has 0 saturated heterocycles. The van der Waals surface area contributed by atoms with Crippen LogP contribution in [-0.4, -0.2) is 65.3 Å². The molecule has 1 atom stereocenters. The van der Waals surface area contributed by atoms with Gasteiger partial charge in [0.2, 0.25) is 12.1 Å². The number of unbranched alkanes of at least 4 members (excludes halogenated alkanes) is 2. The zero-order valence-corrected chi connectivity index (χ0v) is 31.1. The van der Waals surface area contributed by atoms with Crippen molar-refractivity contribution < 1.29 is 43.6 Å². The van der Waals surface area contributed by atoms with Crippen molar-refractivity contribution in [2.24, 2.45) is 0 Å². The van der Waals surface area contributed by atoms with Crippen molar-refractivity contribution >= 4 is 23.7 Å². The fourth-order valence-corrected chi connectivity index (χ4v) is 5.73. The number of halogens is 1. The van der Waals surface area contributed by atoms with E-state index < -0.39 is 28.5 Å². The van der Waals surface area contributed by atoms with E-state index in [2.05, 4.69) is 37.0 Å². The molecule has 0 aliphatic heterocycles. The van der Waals surface area contributed by atoms with Crippen LogP contribution in [0.5, 0.6) is 5.75 Å². The minimum Gasteiger partial charge on any atom is -0.461 e. The van der Waals surface area contributed by atoms with Gasteiger partial charge in [-0.05, 0) is 65.8 Å². The molecule has 20 heteroatoms. The van der Waals surface area contributed by atoms with Crippen LogP contribution in [0.2, 0.25) is 5.15 Å². The second-order valence-electron chi connectivity index (χ2n) is 12.1. The minimum atomic E-state index is -1.05. The Balaban J connectivity index is 1.26. The number of carbonyl (C=O) groups is 2. The summed E-state index contributed by atoms with van der Waals surface area (Å²) in [5.74, 6) is 0.373. The summed E-state index contributed by atoms with van der Waals surface area (Å²) in [5, 5.41) is 31.8. The van der Waals surface area contributed by atoms with Crippen LogP contribution in [0.4, 0.5) is 4.79 Å². The number of esters is 1. The Kier molecular flexibility index (Phi) is 14.2. The Morgan fingerprint density at radius 1 is 0.893 bits per heavy atom. The number of rotatable bonds is 20. The minimum absolute atomic E-state index is 0.0309. The Labute approximate surface area is 324 Å². The zero-order valence-electron chi connectivity index (χ0n) is 30.3. The van der Waals surface area contributed by atoms with Gasteiger partial charge in [-0.25, -0.2) is 14.6 Å². The van der Waals surface area contributed by atoms with E-state index in [-0.39, 0.29) is 42.2 Å². The van der Waals surface area contributed by atoms with Crippen molar-refractivity contribution in [1.29, 1.82) is 0 Å². The maximum atomic E-state index is 13.2. The summed E-state index contributed by atoms with van der Waals surface area (Å²) in [6, 6.07) is 21.1. The molecule has 0 aliphatic carbocycles. The highest BCUT2D eigenvalue weighted by Crippen LogP contribution is 2.31. The van der Waals surface area contributed by atoms with Crippen molar-refractivity contribution in [1.82, 2.24) is 29.8 Å². The van der Waals surface area contributed by atoms with Crippen LogP contribution < -0.4 is 4.74 Å². The van der Waals surface area contributed by atoms with Crippen molar-refractivity contribution in [3.05, 3.63) is 121 Å². The van der Waals surface area contributed by atoms with Gasteiger partial charge in [-0.15, -0.1) is 35.2 Å². The van der Waals surface area contributed by atoms with Crippen LogP contribution in [0.25, 0.3) is 22.5 Å². The first-order chi connectivity index (χ1) is 27.0. The van der Waals surface area contributed by atoms with Gasteiger partial charge in [0.05, 0.1) is 13.2 Å². The van der Waals surface area contributed by atoms with E-state index >= 15 is 0 Å². The first-order valence-electron chi connectivity index (χ1n) is 17.4. The van der Waals surface area contributed by atoms with Crippen LogP contribution in [0.1, 0.15) is 73.2 Å². The molecule has 294 valence electrons. The molecule has 0 bridgehead atoms. The van der Waals surface area contributed by atoms with Gasteiger partial charge in [0.15, 0.2) is 10.8 Å². The van der Waals surface area contributed by atoms with Gasteiger partial charge >= 0.3 is 12.1 Å². The van der Waals surface area contributed by atoms with Crippen LogP contribution in [-0.2, 0) is 38.7 Å². The number of hydrogen-bond donors (Lipinski definition) is 0. The summed E-state index contributed by atoms with van der Waals surface area (Å²) < 4.78 is 17.7. The number of ether oxygens (including phenoxy) is 3. The van der Waals surface area contributed by atoms with Gasteiger partial charge in [-0.1, -0.05) is 85.6 Å². The molecule has 0 aliphatic rings. The third kappa shape index (κ3) is 11.2. The van der Waals surface area contributed by atoms with Crippen molar-refractivity contribution in [2.45, 2.75) is 65.3 Å².